The van der Waals surface area contributed by atoms with Gasteiger partial charge in [-0.1, -0.05) is 18.0 Å². The Labute approximate surface area is 82.5 Å². The molecule has 0 amide bonds. The Morgan fingerprint density at radius 2 is 2.38 bits per heavy atom. The lowest BCUT2D eigenvalue weighted by Gasteiger charge is -2.37. The molecule has 0 unspecified atom stereocenters. The van der Waals surface area contributed by atoms with Gasteiger partial charge >= 0.3 is 0 Å². The van der Waals surface area contributed by atoms with Crippen LogP contribution in [0.2, 0.25) is 0 Å². The summed E-state index contributed by atoms with van der Waals surface area (Å²) in [6.07, 6.45) is 1.84. The Morgan fingerprint density at radius 3 is 3.00 bits per heavy atom. The van der Waals surface area contributed by atoms with Crippen LogP contribution in [-0.4, -0.2) is 28.2 Å². The Morgan fingerprint density at radius 1 is 1.54 bits per heavy atom. The molecule has 1 aliphatic heterocycles. The van der Waals surface area contributed by atoms with Gasteiger partial charge in [-0.05, 0) is 12.1 Å². The van der Waals surface area contributed by atoms with E-state index in [9.17, 15) is 0 Å². The van der Waals surface area contributed by atoms with Crippen LogP contribution >= 0.6 is 11.9 Å². The molecule has 1 aliphatic rings. The standard InChI is InChI=1S/C9H13N3S/c10-13-9-6-12(7-9)5-8-3-1-2-4-11-8/h1-4,9H,5-7,10H2. The zero-order valence-corrected chi connectivity index (χ0v) is 8.20. The van der Waals surface area contributed by atoms with Gasteiger partial charge in [0, 0.05) is 31.1 Å². The van der Waals surface area contributed by atoms with Crippen molar-refractivity contribution in [3.8, 4) is 0 Å². The van der Waals surface area contributed by atoms with Crippen LogP contribution in [0.1, 0.15) is 5.69 Å². The van der Waals surface area contributed by atoms with Gasteiger partial charge in [-0.15, -0.1) is 0 Å². The van der Waals surface area contributed by atoms with Crippen LogP contribution in [0.5, 0.6) is 0 Å². The summed E-state index contributed by atoms with van der Waals surface area (Å²) in [5, 5.41) is 6.09. The lowest BCUT2D eigenvalue weighted by atomic mass is 10.2. The van der Waals surface area contributed by atoms with Crippen LogP contribution in [-0.2, 0) is 6.54 Å². The zero-order chi connectivity index (χ0) is 9.10. The maximum atomic E-state index is 5.46. The monoisotopic (exact) mass is 195 g/mol. The van der Waals surface area contributed by atoms with Crippen molar-refractivity contribution in [2.75, 3.05) is 13.1 Å². The number of pyridine rings is 1. The summed E-state index contributed by atoms with van der Waals surface area (Å²) >= 11 is 1.46. The van der Waals surface area contributed by atoms with E-state index < -0.39 is 0 Å². The number of likely N-dealkylation sites (tertiary alicyclic amines) is 1. The van der Waals surface area contributed by atoms with E-state index in [1.54, 1.807) is 0 Å². The van der Waals surface area contributed by atoms with Crippen LogP contribution in [0.15, 0.2) is 24.4 Å². The summed E-state index contributed by atoms with van der Waals surface area (Å²) in [6.45, 7) is 3.15. The van der Waals surface area contributed by atoms with E-state index >= 15 is 0 Å². The smallest absolute Gasteiger partial charge is 0.0543 e. The first-order valence-electron chi connectivity index (χ1n) is 4.36. The second-order valence-electron chi connectivity index (χ2n) is 3.27. The summed E-state index contributed by atoms with van der Waals surface area (Å²) in [5.41, 5.74) is 1.14. The molecule has 13 heavy (non-hydrogen) atoms. The van der Waals surface area contributed by atoms with Crippen molar-refractivity contribution < 1.29 is 0 Å². The van der Waals surface area contributed by atoms with Crippen molar-refractivity contribution in [2.45, 2.75) is 11.8 Å². The summed E-state index contributed by atoms with van der Waals surface area (Å²) in [7, 11) is 0. The SMILES string of the molecule is NSC1CN(Cc2ccccn2)C1. The molecule has 1 saturated heterocycles. The summed E-state index contributed by atoms with van der Waals surface area (Å²) in [4.78, 5) is 6.63. The minimum atomic E-state index is 0.628. The molecular formula is C9H13N3S. The predicted octanol–water partition coefficient (Wildman–Crippen LogP) is 0.873. The predicted molar refractivity (Wildman–Crippen MR) is 55.1 cm³/mol. The normalized spacial score (nSPS) is 18.5. The first kappa shape index (κ1) is 8.99. The molecule has 0 spiro atoms. The molecule has 4 heteroatoms. The summed E-state index contributed by atoms with van der Waals surface area (Å²) in [5.74, 6) is 0. The molecule has 1 fully saturated rings. The van der Waals surface area contributed by atoms with Crippen LogP contribution < -0.4 is 5.14 Å². The van der Waals surface area contributed by atoms with E-state index in [1.807, 2.05) is 18.3 Å². The lowest BCUT2D eigenvalue weighted by Crippen LogP contribution is -2.48. The van der Waals surface area contributed by atoms with Crippen molar-refractivity contribution in [2.24, 2.45) is 5.14 Å². The van der Waals surface area contributed by atoms with Crippen molar-refractivity contribution in [3.63, 3.8) is 0 Å². The molecule has 0 aromatic carbocycles. The highest BCUT2D eigenvalue weighted by molar-refractivity contribution is 7.97. The van der Waals surface area contributed by atoms with Gasteiger partial charge in [-0.2, -0.15) is 0 Å². The largest absolute Gasteiger partial charge is 0.295 e. The van der Waals surface area contributed by atoms with E-state index in [4.69, 9.17) is 5.14 Å². The fourth-order valence-electron chi connectivity index (χ4n) is 1.46. The van der Waals surface area contributed by atoms with Crippen LogP contribution in [0.25, 0.3) is 0 Å². The van der Waals surface area contributed by atoms with E-state index in [0.29, 0.717) is 5.25 Å². The van der Waals surface area contributed by atoms with Crippen molar-refractivity contribution in [1.29, 1.82) is 0 Å². The highest BCUT2D eigenvalue weighted by Crippen LogP contribution is 2.19. The van der Waals surface area contributed by atoms with Crippen molar-refractivity contribution in [1.82, 2.24) is 9.88 Å². The number of nitrogens with two attached hydrogens (primary N) is 1. The van der Waals surface area contributed by atoms with Gasteiger partial charge in [-0.25, -0.2) is 0 Å². The molecule has 0 atom stereocenters. The molecule has 2 N–H and O–H groups in total. The number of aromatic nitrogens is 1. The molecule has 1 aromatic heterocycles. The minimum absolute atomic E-state index is 0.628. The Kier molecular flexibility index (Phi) is 2.83. The van der Waals surface area contributed by atoms with Gasteiger partial charge in [0.15, 0.2) is 0 Å². The third-order valence-corrected chi connectivity index (χ3v) is 2.91. The fourth-order valence-corrected chi connectivity index (χ4v) is 2.05. The zero-order valence-electron chi connectivity index (χ0n) is 7.39. The number of hydrogen-bond acceptors (Lipinski definition) is 4. The van der Waals surface area contributed by atoms with Crippen LogP contribution in [0.3, 0.4) is 0 Å². The molecule has 0 saturated carbocycles. The molecule has 70 valence electrons. The highest BCUT2D eigenvalue weighted by Gasteiger charge is 2.25. The topological polar surface area (TPSA) is 42.1 Å². The molecule has 2 heterocycles. The first-order valence-corrected chi connectivity index (χ1v) is 5.30. The molecular weight excluding hydrogens is 182 g/mol. The van der Waals surface area contributed by atoms with Crippen LogP contribution in [0, 0.1) is 0 Å². The van der Waals surface area contributed by atoms with Crippen molar-refractivity contribution in [3.05, 3.63) is 30.1 Å². The minimum Gasteiger partial charge on any atom is -0.295 e. The highest BCUT2D eigenvalue weighted by atomic mass is 32.2. The Hall–Kier alpha value is -0.580. The molecule has 2 rings (SSSR count). The number of hydrogen-bond donors (Lipinski definition) is 1. The van der Waals surface area contributed by atoms with E-state index in [1.165, 1.54) is 11.9 Å². The molecule has 1 aromatic rings. The molecule has 3 nitrogen and oxygen atoms in total. The Balaban J connectivity index is 1.81. The second kappa shape index (κ2) is 4.09. The van der Waals surface area contributed by atoms with E-state index in [-0.39, 0.29) is 0 Å². The van der Waals surface area contributed by atoms with E-state index in [2.05, 4.69) is 16.0 Å². The molecule has 0 radical (unpaired) electrons. The van der Waals surface area contributed by atoms with Gasteiger partial charge in [-0.3, -0.25) is 15.0 Å². The summed E-state index contributed by atoms with van der Waals surface area (Å²) in [6, 6.07) is 6.03. The molecule has 0 aliphatic carbocycles. The first-order chi connectivity index (χ1) is 6.38. The Bertz CT molecular complexity index is 259. The lowest BCUT2D eigenvalue weighted by molar-refractivity contribution is 0.179. The quantitative estimate of drug-likeness (QED) is 0.727. The van der Waals surface area contributed by atoms with E-state index in [0.717, 1.165) is 25.3 Å². The van der Waals surface area contributed by atoms with Crippen molar-refractivity contribution >= 4 is 11.9 Å². The van der Waals surface area contributed by atoms with Gasteiger partial charge < -0.3 is 0 Å². The third-order valence-electron chi connectivity index (χ3n) is 2.23. The van der Waals surface area contributed by atoms with Gasteiger partial charge in [0.1, 0.15) is 0 Å². The van der Waals surface area contributed by atoms with Gasteiger partial charge in [0.25, 0.3) is 0 Å². The van der Waals surface area contributed by atoms with Gasteiger partial charge in [0.2, 0.25) is 0 Å². The fraction of sp³-hybridized carbons (Fsp3) is 0.444. The van der Waals surface area contributed by atoms with Crippen LogP contribution in [0.4, 0.5) is 0 Å². The van der Waals surface area contributed by atoms with Gasteiger partial charge in [0.05, 0.1) is 5.69 Å². The average Bonchev–Trinajstić information content (AvgIpc) is 2.12. The molecule has 0 bridgehead atoms. The maximum Gasteiger partial charge on any atom is 0.0543 e. The number of rotatable bonds is 3. The summed E-state index contributed by atoms with van der Waals surface area (Å²) < 4.78 is 0. The average molecular weight is 195 g/mol. The maximum absolute atomic E-state index is 5.46. The second-order valence-corrected chi connectivity index (χ2v) is 4.21. The third kappa shape index (κ3) is 2.21. The number of nitrogens with zero attached hydrogens (tertiary/aromatic N) is 2.